The zero-order chi connectivity index (χ0) is 12.3. The van der Waals surface area contributed by atoms with Crippen LogP contribution in [0.15, 0.2) is 18.2 Å². The van der Waals surface area contributed by atoms with Crippen LogP contribution in [0.5, 0.6) is 0 Å². The number of carboxylic acids is 1. The van der Waals surface area contributed by atoms with Crippen LogP contribution in [0, 0.1) is 16.6 Å². The zero-order valence-electron chi connectivity index (χ0n) is 9.17. The summed E-state index contributed by atoms with van der Waals surface area (Å²) < 4.78 is 13.6. The molecule has 3 fully saturated rings. The Kier molecular flexibility index (Phi) is 2.09. The van der Waals surface area contributed by atoms with Crippen LogP contribution in [0.4, 0.5) is 4.39 Å². The summed E-state index contributed by atoms with van der Waals surface area (Å²) in [7, 11) is 0. The average molecular weight is 255 g/mol. The van der Waals surface area contributed by atoms with E-state index in [2.05, 4.69) is 0 Å². The minimum absolute atomic E-state index is 0.00970. The summed E-state index contributed by atoms with van der Waals surface area (Å²) in [5.41, 5.74) is 0.0231. The average Bonchev–Trinajstić information content (AvgIpc) is 2.11. The maximum absolute atomic E-state index is 13.6. The Labute approximate surface area is 103 Å². The SMILES string of the molecule is O=C(O)C12CC(Cc3c(F)cccc3Cl)(C1)C2. The van der Waals surface area contributed by atoms with Gasteiger partial charge in [0, 0.05) is 10.6 Å². The molecule has 17 heavy (non-hydrogen) atoms. The molecule has 0 heterocycles. The van der Waals surface area contributed by atoms with Gasteiger partial charge in [0.1, 0.15) is 5.82 Å². The number of hydrogen-bond donors (Lipinski definition) is 1. The van der Waals surface area contributed by atoms with E-state index in [1.165, 1.54) is 6.07 Å². The Balaban J connectivity index is 1.77. The van der Waals surface area contributed by atoms with Crippen molar-refractivity contribution in [2.75, 3.05) is 0 Å². The summed E-state index contributed by atoms with van der Waals surface area (Å²) in [5, 5.41) is 9.46. The fourth-order valence-electron chi connectivity index (χ4n) is 3.49. The third kappa shape index (κ3) is 1.41. The highest BCUT2D eigenvalue weighted by Crippen LogP contribution is 2.74. The minimum Gasteiger partial charge on any atom is -0.481 e. The van der Waals surface area contributed by atoms with Gasteiger partial charge in [0.05, 0.1) is 5.41 Å². The van der Waals surface area contributed by atoms with Gasteiger partial charge in [0.25, 0.3) is 0 Å². The molecule has 0 aromatic heterocycles. The highest BCUT2D eigenvalue weighted by Gasteiger charge is 2.71. The maximum Gasteiger partial charge on any atom is 0.309 e. The van der Waals surface area contributed by atoms with Gasteiger partial charge in [0.15, 0.2) is 0 Å². The quantitative estimate of drug-likeness (QED) is 0.899. The lowest BCUT2D eigenvalue weighted by atomic mass is 9.34. The Morgan fingerprint density at radius 1 is 1.41 bits per heavy atom. The van der Waals surface area contributed by atoms with Crippen LogP contribution >= 0.6 is 11.6 Å². The number of aliphatic carboxylic acids is 1. The molecular weight excluding hydrogens is 243 g/mol. The van der Waals surface area contributed by atoms with Gasteiger partial charge in [-0.1, -0.05) is 17.7 Å². The molecule has 90 valence electrons. The van der Waals surface area contributed by atoms with Gasteiger partial charge < -0.3 is 5.11 Å². The smallest absolute Gasteiger partial charge is 0.309 e. The summed E-state index contributed by atoms with van der Waals surface area (Å²) in [6.07, 6.45) is 2.56. The summed E-state index contributed by atoms with van der Waals surface area (Å²) in [5.74, 6) is -0.995. The van der Waals surface area contributed by atoms with Crippen LogP contribution < -0.4 is 0 Å². The van der Waals surface area contributed by atoms with Crippen molar-refractivity contribution in [3.8, 4) is 0 Å². The molecule has 4 heteroatoms. The summed E-state index contributed by atoms with van der Waals surface area (Å²) in [4.78, 5) is 11.0. The van der Waals surface area contributed by atoms with Gasteiger partial charge in [-0.25, -0.2) is 4.39 Å². The number of carboxylic acid groups (broad SMARTS) is 1. The largest absolute Gasteiger partial charge is 0.481 e. The second kappa shape index (κ2) is 3.22. The first-order valence-corrected chi connectivity index (χ1v) is 6.01. The van der Waals surface area contributed by atoms with Gasteiger partial charge in [-0.2, -0.15) is 0 Å². The number of rotatable bonds is 3. The van der Waals surface area contributed by atoms with E-state index >= 15 is 0 Å². The van der Waals surface area contributed by atoms with Crippen LogP contribution in [0.1, 0.15) is 24.8 Å². The van der Waals surface area contributed by atoms with Crippen molar-refractivity contribution in [1.82, 2.24) is 0 Å². The first kappa shape index (κ1) is 11.0. The molecule has 0 saturated heterocycles. The van der Waals surface area contributed by atoms with Crippen LogP contribution in [-0.4, -0.2) is 11.1 Å². The molecule has 4 rings (SSSR count). The predicted molar refractivity (Wildman–Crippen MR) is 61.5 cm³/mol. The van der Waals surface area contributed by atoms with Gasteiger partial charge in [-0.15, -0.1) is 0 Å². The Morgan fingerprint density at radius 2 is 2.06 bits per heavy atom. The van der Waals surface area contributed by atoms with E-state index in [-0.39, 0.29) is 11.2 Å². The third-order valence-corrected chi connectivity index (χ3v) is 4.56. The van der Waals surface area contributed by atoms with Crippen molar-refractivity contribution < 1.29 is 14.3 Å². The van der Waals surface area contributed by atoms with Crippen LogP contribution in [0.3, 0.4) is 0 Å². The van der Waals surface area contributed by atoms with Gasteiger partial charge in [-0.3, -0.25) is 4.79 Å². The number of benzene rings is 1. The molecule has 3 aliphatic carbocycles. The Morgan fingerprint density at radius 3 is 2.59 bits per heavy atom. The molecule has 1 N–H and O–H groups in total. The molecule has 0 spiro atoms. The minimum atomic E-state index is -0.709. The zero-order valence-corrected chi connectivity index (χ0v) is 9.93. The molecule has 0 amide bonds. The van der Waals surface area contributed by atoms with E-state index in [1.54, 1.807) is 12.1 Å². The molecular formula is C13H12ClFO2. The van der Waals surface area contributed by atoms with Gasteiger partial charge in [0.2, 0.25) is 0 Å². The second-order valence-electron chi connectivity index (χ2n) is 5.49. The van der Waals surface area contributed by atoms with Crippen molar-refractivity contribution in [3.63, 3.8) is 0 Å². The highest BCUT2D eigenvalue weighted by molar-refractivity contribution is 6.31. The van der Waals surface area contributed by atoms with E-state index in [0.717, 1.165) is 0 Å². The first-order chi connectivity index (χ1) is 7.96. The normalized spacial score (nSPS) is 33.8. The molecule has 0 radical (unpaired) electrons. The molecule has 2 nitrogen and oxygen atoms in total. The van der Waals surface area contributed by atoms with E-state index in [0.29, 0.717) is 36.3 Å². The molecule has 3 aliphatic rings. The standard InChI is InChI=1S/C13H12ClFO2/c14-9-2-1-3-10(15)8(9)4-12-5-13(6-12,7-12)11(16)17/h1-3H,4-7H2,(H,16,17). The third-order valence-electron chi connectivity index (χ3n) is 4.21. The summed E-state index contributed by atoms with van der Waals surface area (Å²) in [6, 6.07) is 4.67. The Hall–Kier alpha value is -1.09. The molecule has 2 bridgehead atoms. The van der Waals surface area contributed by atoms with Crippen molar-refractivity contribution in [1.29, 1.82) is 0 Å². The van der Waals surface area contributed by atoms with E-state index < -0.39 is 11.4 Å². The van der Waals surface area contributed by atoms with Gasteiger partial charge >= 0.3 is 5.97 Å². The molecule has 0 atom stereocenters. The second-order valence-corrected chi connectivity index (χ2v) is 5.90. The molecule has 1 aromatic rings. The lowest BCUT2D eigenvalue weighted by molar-refractivity contribution is -0.222. The van der Waals surface area contributed by atoms with E-state index in [9.17, 15) is 9.18 Å². The first-order valence-electron chi connectivity index (χ1n) is 5.63. The molecule has 3 saturated carbocycles. The van der Waals surface area contributed by atoms with Crippen LogP contribution in [-0.2, 0) is 11.2 Å². The molecule has 1 aromatic carbocycles. The van der Waals surface area contributed by atoms with E-state index in [1.807, 2.05) is 0 Å². The van der Waals surface area contributed by atoms with Crippen molar-refractivity contribution in [3.05, 3.63) is 34.6 Å². The number of halogens is 2. The number of hydrogen-bond acceptors (Lipinski definition) is 1. The highest BCUT2D eigenvalue weighted by atomic mass is 35.5. The van der Waals surface area contributed by atoms with Crippen molar-refractivity contribution in [2.45, 2.75) is 25.7 Å². The maximum atomic E-state index is 13.6. The molecule has 0 aliphatic heterocycles. The summed E-state index contributed by atoms with van der Waals surface area (Å²) in [6.45, 7) is 0. The van der Waals surface area contributed by atoms with Crippen LogP contribution in [0.25, 0.3) is 0 Å². The van der Waals surface area contributed by atoms with Crippen molar-refractivity contribution >= 4 is 17.6 Å². The lowest BCUT2D eigenvalue weighted by Crippen LogP contribution is -2.66. The van der Waals surface area contributed by atoms with E-state index in [4.69, 9.17) is 16.7 Å². The van der Waals surface area contributed by atoms with Crippen LogP contribution in [0.2, 0.25) is 5.02 Å². The Bertz CT molecular complexity index is 472. The monoisotopic (exact) mass is 254 g/mol. The topological polar surface area (TPSA) is 37.3 Å². The van der Waals surface area contributed by atoms with Gasteiger partial charge in [-0.05, 0) is 43.2 Å². The van der Waals surface area contributed by atoms with Crippen molar-refractivity contribution in [2.24, 2.45) is 10.8 Å². The summed E-state index contributed by atoms with van der Waals surface area (Å²) >= 11 is 5.97. The fraction of sp³-hybridized carbons (Fsp3) is 0.462. The predicted octanol–water partition coefficient (Wildman–Crippen LogP) is 3.28. The number of carbonyl (C=O) groups is 1. The molecule has 0 unspecified atom stereocenters. The lowest BCUT2D eigenvalue weighted by Gasteiger charge is -2.68. The fourth-order valence-corrected chi connectivity index (χ4v) is 3.72.